The maximum atomic E-state index is 11.9. The number of carbonyl (C=O) groups excluding carboxylic acids is 1. The van der Waals surface area contributed by atoms with E-state index in [1.165, 1.54) is 0 Å². The summed E-state index contributed by atoms with van der Waals surface area (Å²) < 4.78 is 0. The van der Waals surface area contributed by atoms with Crippen LogP contribution in [0, 0.1) is 11.8 Å². The summed E-state index contributed by atoms with van der Waals surface area (Å²) in [7, 11) is 0. The van der Waals surface area contributed by atoms with Crippen LogP contribution in [0.4, 0.5) is 0 Å². The summed E-state index contributed by atoms with van der Waals surface area (Å²) in [5, 5.41) is 2.83. The second-order valence-electron chi connectivity index (χ2n) is 4.20. The topological polar surface area (TPSA) is 68.0 Å². The monoisotopic (exact) mass is 251 g/mol. The van der Waals surface area contributed by atoms with E-state index in [0.717, 1.165) is 5.56 Å². The number of pyridine rings is 1. The third-order valence-corrected chi connectivity index (χ3v) is 2.73. The Labute approximate surface area is 107 Å². The summed E-state index contributed by atoms with van der Waals surface area (Å²) in [5.74, 6) is -0.430. The molecule has 1 aromatic rings. The van der Waals surface area contributed by atoms with E-state index >= 15 is 0 Å². The van der Waals surface area contributed by atoms with Crippen LogP contribution in [0.15, 0.2) is 24.5 Å². The molecule has 0 radical (unpaired) electrons. The molecule has 1 atom stereocenters. The molecule has 0 saturated carbocycles. The molecular weight excluding hydrogens is 234 g/mol. The van der Waals surface area contributed by atoms with Gasteiger partial charge >= 0.3 is 0 Å². The van der Waals surface area contributed by atoms with Crippen molar-refractivity contribution in [3.05, 3.63) is 30.1 Å². The van der Waals surface area contributed by atoms with E-state index in [0.29, 0.717) is 6.54 Å². The molecule has 1 rings (SSSR count). The van der Waals surface area contributed by atoms with Gasteiger partial charge in [-0.05, 0) is 23.6 Å². The molecule has 0 fully saturated rings. The lowest BCUT2D eigenvalue weighted by Gasteiger charge is -2.18. The van der Waals surface area contributed by atoms with E-state index in [1.807, 2.05) is 26.0 Å². The average molecular weight is 251 g/mol. The Morgan fingerprint density at radius 1 is 1.47 bits per heavy atom. The van der Waals surface area contributed by atoms with Gasteiger partial charge in [0.05, 0.1) is 10.9 Å². The SMILES string of the molecule is CC(C)C(C(=O)NCc1ccncc1)C(N)=S. The van der Waals surface area contributed by atoms with E-state index in [1.54, 1.807) is 12.4 Å². The Balaban J connectivity index is 2.57. The fourth-order valence-electron chi connectivity index (χ4n) is 1.56. The minimum Gasteiger partial charge on any atom is -0.393 e. The molecule has 0 saturated heterocycles. The maximum absolute atomic E-state index is 11.9. The van der Waals surface area contributed by atoms with Crippen molar-refractivity contribution in [2.45, 2.75) is 20.4 Å². The molecule has 0 aromatic carbocycles. The normalized spacial score (nSPS) is 12.2. The van der Waals surface area contributed by atoms with Crippen LogP contribution in [0.5, 0.6) is 0 Å². The van der Waals surface area contributed by atoms with Crippen molar-refractivity contribution < 1.29 is 4.79 Å². The molecule has 0 bridgehead atoms. The molecule has 3 N–H and O–H groups in total. The first kappa shape index (κ1) is 13.6. The molecule has 0 spiro atoms. The lowest BCUT2D eigenvalue weighted by Crippen LogP contribution is -2.40. The number of hydrogen-bond donors (Lipinski definition) is 2. The van der Waals surface area contributed by atoms with Crippen LogP contribution in [0.1, 0.15) is 19.4 Å². The Bertz CT molecular complexity index is 392. The third-order valence-electron chi connectivity index (χ3n) is 2.47. The summed E-state index contributed by atoms with van der Waals surface area (Å²) in [5.41, 5.74) is 6.57. The number of nitrogens with one attached hydrogen (secondary N) is 1. The molecule has 4 nitrogen and oxygen atoms in total. The number of thiocarbonyl (C=S) groups is 1. The number of carbonyl (C=O) groups is 1. The van der Waals surface area contributed by atoms with Gasteiger partial charge in [-0.1, -0.05) is 26.1 Å². The number of nitrogens with two attached hydrogens (primary N) is 1. The fraction of sp³-hybridized carbons (Fsp3) is 0.417. The molecule has 1 unspecified atom stereocenters. The molecule has 92 valence electrons. The highest BCUT2D eigenvalue weighted by molar-refractivity contribution is 7.80. The molecule has 1 amide bonds. The van der Waals surface area contributed by atoms with Crippen LogP contribution >= 0.6 is 12.2 Å². The van der Waals surface area contributed by atoms with Gasteiger partial charge in [0.1, 0.15) is 0 Å². The van der Waals surface area contributed by atoms with Gasteiger partial charge in [0, 0.05) is 18.9 Å². The predicted molar refractivity (Wildman–Crippen MR) is 71.2 cm³/mol. The summed E-state index contributed by atoms with van der Waals surface area (Å²) >= 11 is 4.91. The fourth-order valence-corrected chi connectivity index (χ4v) is 1.94. The number of rotatable bonds is 5. The second-order valence-corrected chi connectivity index (χ2v) is 4.67. The van der Waals surface area contributed by atoms with Crippen molar-refractivity contribution in [3.8, 4) is 0 Å². The average Bonchev–Trinajstić information content (AvgIpc) is 2.27. The minimum absolute atomic E-state index is 0.102. The largest absolute Gasteiger partial charge is 0.393 e. The van der Waals surface area contributed by atoms with Crippen LogP contribution in [-0.4, -0.2) is 15.9 Å². The summed E-state index contributed by atoms with van der Waals surface area (Å²) in [6.07, 6.45) is 3.38. The van der Waals surface area contributed by atoms with E-state index in [4.69, 9.17) is 18.0 Å². The number of nitrogens with zero attached hydrogens (tertiary/aromatic N) is 1. The van der Waals surface area contributed by atoms with Crippen molar-refractivity contribution in [1.82, 2.24) is 10.3 Å². The van der Waals surface area contributed by atoms with Gasteiger partial charge in [-0.2, -0.15) is 0 Å². The zero-order chi connectivity index (χ0) is 12.8. The van der Waals surface area contributed by atoms with Crippen LogP contribution in [0.3, 0.4) is 0 Å². The highest BCUT2D eigenvalue weighted by atomic mass is 32.1. The third kappa shape index (κ3) is 4.11. The van der Waals surface area contributed by atoms with Crippen LogP contribution in [0.2, 0.25) is 0 Å². The van der Waals surface area contributed by atoms with Crippen molar-refractivity contribution in [1.29, 1.82) is 0 Å². The zero-order valence-corrected chi connectivity index (χ0v) is 10.8. The van der Waals surface area contributed by atoms with E-state index < -0.39 is 5.92 Å². The Morgan fingerprint density at radius 3 is 2.53 bits per heavy atom. The molecule has 0 aliphatic rings. The molecule has 5 heteroatoms. The zero-order valence-electron chi connectivity index (χ0n) is 10.0. The van der Waals surface area contributed by atoms with Crippen molar-refractivity contribution in [2.75, 3.05) is 0 Å². The summed E-state index contributed by atoms with van der Waals surface area (Å²) in [6.45, 7) is 4.32. The number of amides is 1. The van der Waals surface area contributed by atoms with E-state index in [9.17, 15) is 4.79 Å². The van der Waals surface area contributed by atoms with E-state index in [-0.39, 0.29) is 16.8 Å². The molecule has 17 heavy (non-hydrogen) atoms. The molecule has 0 aliphatic heterocycles. The quantitative estimate of drug-likeness (QED) is 0.773. The van der Waals surface area contributed by atoms with Gasteiger partial charge in [-0.3, -0.25) is 9.78 Å². The van der Waals surface area contributed by atoms with Gasteiger partial charge in [-0.15, -0.1) is 0 Å². The first-order valence-corrected chi connectivity index (χ1v) is 5.89. The van der Waals surface area contributed by atoms with E-state index in [2.05, 4.69) is 10.3 Å². The smallest absolute Gasteiger partial charge is 0.230 e. The van der Waals surface area contributed by atoms with Crippen LogP contribution in [-0.2, 0) is 11.3 Å². The lowest BCUT2D eigenvalue weighted by atomic mass is 9.95. The van der Waals surface area contributed by atoms with Crippen LogP contribution < -0.4 is 11.1 Å². The molecule has 1 aromatic heterocycles. The first-order valence-electron chi connectivity index (χ1n) is 5.48. The van der Waals surface area contributed by atoms with Gasteiger partial charge in [0.25, 0.3) is 0 Å². The minimum atomic E-state index is -0.410. The van der Waals surface area contributed by atoms with Gasteiger partial charge in [0.15, 0.2) is 0 Å². The molecule has 0 aliphatic carbocycles. The van der Waals surface area contributed by atoms with Crippen LogP contribution in [0.25, 0.3) is 0 Å². The van der Waals surface area contributed by atoms with Gasteiger partial charge in [0.2, 0.25) is 5.91 Å². The maximum Gasteiger partial charge on any atom is 0.230 e. The Kier molecular flexibility index (Phi) is 5.03. The van der Waals surface area contributed by atoms with Gasteiger partial charge < -0.3 is 11.1 Å². The Hall–Kier alpha value is -1.49. The predicted octanol–water partition coefficient (Wildman–Crippen LogP) is 1.26. The standard InChI is InChI=1S/C12H17N3OS/c1-8(2)10(11(13)17)12(16)15-7-9-3-5-14-6-4-9/h3-6,8,10H,7H2,1-2H3,(H2,13,17)(H,15,16). The number of aromatic nitrogens is 1. The highest BCUT2D eigenvalue weighted by Crippen LogP contribution is 2.11. The van der Waals surface area contributed by atoms with Crippen molar-refractivity contribution in [2.24, 2.45) is 17.6 Å². The second kappa shape index (κ2) is 6.30. The van der Waals surface area contributed by atoms with Crippen molar-refractivity contribution >= 4 is 23.1 Å². The van der Waals surface area contributed by atoms with Gasteiger partial charge in [-0.25, -0.2) is 0 Å². The van der Waals surface area contributed by atoms with Crippen molar-refractivity contribution in [3.63, 3.8) is 0 Å². The number of hydrogen-bond acceptors (Lipinski definition) is 3. The molecule has 1 heterocycles. The Morgan fingerprint density at radius 2 is 2.06 bits per heavy atom. The lowest BCUT2D eigenvalue weighted by molar-refractivity contribution is -0.124. The summed E-state index contributed by atoms with van der Waals surface area (Å²) in [6, 6.07) is 3.71. The first-order chi connectivity index (χ1) is 8.02. The molecular formula is C12H17N3OS. The summed E-state index contributed by atoms with van der Waals surface area (Å²) in [4.78, 5) is 16.1. The highest BCUT2D eigenvalue weighted by Gasteiger charge is 2.24.